The highest BCUT2D eigenvalue weighted by Gasteiger charge is 2.00. The minimum atomic E-state index is -0.294. The molecule has 0 spiro atoms. The van der Waals surface area contributed by atoms with Gasteiger partial charge in [0, 0.05) is 17.6 Å². The molecule has 0 aliphatic heterocycles. The quantitative estimate of drug-likeness (QED) is 0.705. The van der Waals surface area contributed by atoms with Gasteiger partial charge in [0.2, 0.25) is 0 Å². The van der Waals surface area contributed by atoms with E-state index in [0.717, 1.165) is 16.5 Å². The normalized spacial score (nSPS) is 10.6. The van der Waals surface area contributed by atoms with Crippen LogP contribution in [-0.2, 0) is 6.61 Å². The fourth-order valence-electron chi connectivity index (χ4n) is 1.93. The molecule has 0 aliphatic rings. The van der Waals surface area contributed by atoms with E-state index in [4.69, 9.17) is 4.74 Å². The summed E-state index contributed by atoms with van der Waals surface area (Å²) in [6, 6.07) is 16.0. The molecule has 3 rings (SSSR count). The van der Waals surface area contributed by atoms with Crippen LogP contribution in [0, 0.1) is 5.82 Å². The molecule has 19 heavy (non-hydrogen) atoms. The molecule has 0 aliphatic carbocycles. The molecule has 0 radical (unpaired) electrons. The summed E-state index contributed by atoms with van der Waals surface area (Å²) in [4.78, 5) is 4.30. The zero-order valence-electron chi connectivity index (χ0n) is 10.2. The minimum absolute atomic E-state index is 0.294. The number of rotatable bonds is 3. The van der Waals surface area contributed by atoms with Gasteiger partial charge in [-0.05, 0) is 29.8 Å². The number of aromatic nitrogens is 1. The van der Waals surface area contributed by atoms with Crippen molar-refractivity contribution in [2.75, 3.05) is 0 Å². The van der Waals surface area contributed by atoms with Crippen molar-refractivity contribution in [3.8, 4) is 5.75 Å². The molecule has 0 atom stereocenters. The van der Waals surface area contributed by atoms with Crippen molar-refractivity contribution in [1.82, 2.24) is 4.98 Å². The van der Waals surface area contributed by atoms with Gasteiger partial charge in [0.15, 0.2) is 0 Å². The van der Waals surface area contributed by atoms with Crippen molar-refractivity contribution >= 4 is 10.9 Å². The maximum Gasteiger partial charge on any atom is 0.126 e. The molecule has 0 N–H and O–H groups in total. The van der Waals surface area contributed by atoms with Crippen molar-refractivity contribution in [3.63, 3.8) is 0 Å². The third-order valence-corrected chi connectivity index (χ3v) is 2.87. The van der Waals surface area contributed by atoms with E-state index in [0.29, 0.717) is 12.4 Å². The van der Waals surface area contributed by atoms with E-state index in [1.807, 2.05) is 30.3 Å². The molecule has 0 saturated carbocycles. The predicted octanol–water partition coefficient (Wildman–Crippen LogP) is 3.95. The summed E-state index contributed by atoms with van der Waals surface area (Å²) in [6.45, 7) is 0.399. The fourth-order valence-corrected chi connectivity index (χ4v) is 1.93. The van der Waals surface area contributed by atoms with Crippen LogP contribution in [0.3, 0.4) is 0 Å². The van der Waals surface area contributed by atoms with Crippen molar-refractivity contribution < 1.29 is 9.13 Å². The smallest absolute Gasteiger partial charge is 0.126 e. The molecule has 94 valence electrons. The second-order valence-electron chi connectivity index (χ2n) is 4.28. The second-order valence-corrected chi connectivity index (χ2v) is 4.28. The standard InChI is InChI=1S/C16H12FNO/c17-14-4-1-5-15(10-14)19-11-12-6-7-13-3-2-8-18-16(13)9-12/h1-10H,11H2. The first-order chi connectivity index (χ1) is 9.31. The summed E-state index contributed by atoms with van der Waals surface area (Å²) in [5.41, 5.74) is 1.94. The van der Waals surface area contributed by atoms with Crippen LogP contribution < -0.4 is 4.74 Å². The number of hydrogen-bond donors (Lipinski definition) is 0. The van der Waals surface area contributed by atoms with E-state index >= 15 is 0 Å². The van der Waals surface area contributed by atoms with Crippen LogP contribution in [0.1, 0.15) is 5.56 Å². The Bertz CT molecular complexity index is 712. The molecular weight excluding hydrogens is 241 g/mol. The third-order valence-electron chi connectivity index (χ3n) is 2.87. The van der Waals surface area contributed by atoms with Crippen LogP contribution in [0.2, 0.25) is 0 Å². The summed E-state index contributed by atoms with van der Waals surface area (Å²) in [7, 11) is 0. The van der Waals surface area contributed by atoms with Crippen LogP contribution in [0.25, 0.3) is 10.9 Å². The van der Waals surface area contributed by atoms with Crippen LogP contribution >= 0.6 is 0 Å². The molecule has 0 fully saturated rings. The Morgan fingerprint density at radius 3 is 2.84 bits per heavy atom. The number of fused-ring (bicyclic) bond motifs is 1. The Kier molecular flexibility index (Phi) is 3.11. The van der Waals surface area contributed by atoms with Gasteiger partial charge >= 0.3 is 0 Å². The maximum absolute atomic E-state index is 13.0. The number of nitrogens with zero attached hydrogens (tertiary/aromatic N) is 1. The molecule has 2 aromatic carbocycles. The molecule has 1 heterocycles. The van der Waals surface area contributed by atoms with Gasteiger partial charge in [0.1, 0.15) is 18.2 Å². The maximum atomic E-state index is 13.0. The highest BCUT2D eigenvalue weighted by molar-refractivity contribution is 5.78. The van der Waals surface area contributed by atoms with Gasteiger partial charge in [-0.15, -0.1) is 0 Å². The van der Waals surface area contributed by atoms with E-state index in [2.05, 4.69) is 4.98 Å². The average molecular weight is 253 g/mol. The lowest BCUT2D eigenvalue weighted by atomic mass is 10.1. The van der Waals surface area contributed by atoms with Crippen LogP contribution in [0.15, 0.2) is 60.8 Å². The molecule has 0 unspecified atom stereocenters. The van der Waals surface area contributed by atoms with Crippen molar-refractivity contribution in [2.45, 2.75) is 6.61 Å². The zero-order chi connectivity index (χ0) is 13.1. The second kappa shape index (κ2) is 5.06. The monoisotopic (exact) mass is 253 g/mol. The van der Waals surface area contributed by atoms with Crippen LogP contribution in [-0.4, -0.2) is 4.98 Å². The summed E-state index contributed by atoms with van der Waals surface area (Å²) in [6.07, 6.45) is 1.76. The molecular formula is C16H12FNO. The van der Waals surface area contributed by atoms with E-state index in [1.165, 1.54) is 12.1 Å². The van der Waals surface area contributed by atoms with E-state index in [-0.39, 0.29) is 5.82 Å². The molecule has 1 aromatic heterocycles. The number of ether oxygens (including phenoxy) is 1. The Morgan fingerprint density at radius 1 is 1.00 bits per heavy atom. The number of hydrogen-bond acceptors (Lipinski definition) is 2. The van der Waals surface area contributed by atoms with E-state index in [1.54, 1.807) is 18.3 Å². The van der Waals surface area contributed by atoms with Crippen molar-refractivity contribution in [2.24, 2.45) is 0 Å². The van der Waals surface area contributed by atoms with Gasteiger partial charge in [-0.3, -0.25) is 4.98 Å². The van der Waals surface area contributed by atoms with Gasteiger partial charge in [0.05, 0.1) is 5.52 Å². The predicted molar refractivity (Wildman–Crippen MR) is 72.5 cm³/mol. The average Bonchev–Trinajstić information content (AvgIpc) is 2.45. The molecule has 2 nitrogen and oxygen atoms in total. The van der Waals surface area contributed by atoms with Gasteiger partial charge < -0.3 is 4.74 Å². The van der Waals surface area contributed by atoms with Crippen LogP contribution in [0.5, 0.6) is 5.75 Å². The lowest BCUT2D eigenvalue weighted by Crippen LogP contribution is -1.96. The first kappa shape index (κ1) is 11.7. The zero-order valence-corrected chi connectivity index (χ0v) is 10.2. The summed E-state index contributed by atoms with van der Waals surface area (Å²) in [5.74, 6) is 0.235. The SMILES string of the molecule is Fc1cccc(OCc2ccc3cccnc3c2)c1. The first-order valence-electron chi connectivity index (χ1n) is 6.03. The first-order valence-corrected chi connectivity index (χ1v) is 6.03. The fraction of sp³-hybridized carbons (Fsp3) is 0.0625. The molecule has 3 heteroatoms. The lowest BCUT2D eigenvalue weighted by Gasteiger charge is -2.07. The summed E-state index contributed by atoms with van der Waals surface area (Å²) < 4.78 is 18.6. The Labute approximate surface area is 110 Å². The number of benzene rings is 2. The molecule has 0 saturated heterocycles. The van der Waals surface area contributed by atoms with Crippen LogP contribution in [0.4, 0.5) is 4.39 Å². The topological polar surface area (TPSA) is 22.1 Å². The Morgan fingerprint density at radius 2 is 1.95 bits per heavy atom. The highest BCUT2D eigenvalue weighted by atomic mass is 19.1. The van der Waals surface area contributed by atoms with E-state index < -0.39 is 0 Å². The highest BCUT2D eigenvalue weighted by Crippen LogP contribution is 2.17. The Balaban J connectivity index is 1.78. The van der Waals surface area contributed by atoms with Gasteiger partial charge in [-0.25, -0.2) is 4.39 Å². The Hall–Kier alpha value is -2.42. The van der Waals surface area contributed by atoms with Gasteiger partial charge in [-0.2, -0.15) is 0 Å². The van der Waals surface area contributed by atoms with Crippen molar-refractivity contribution in [1.29, 1.82) is 0 Å². The van der Waals surface area contributed by atoms with E-state index in [9.17, 15) is 4.39 Å². The van der Waals surface area contributed by atoms with Crippen molar-refractivity contribution in [3.05, 3.63) is 72.2 Å². The summed E-state index contributed by atoms with van der Waals surface area (Å²) >= 11 is 0. The summed E-state index contributed by atoms with van der Waals surface area (Å²) in [5, 5.41) is 1.09. The van der Waals surface area contributed by atoms with Gasteiger partial charge in [0.25, 0.3) is 0 Å². The third kappa shape index (κ3) is 2.71. The molecule has 3 aromatic rings. The largest absolute Gasteiger partial charge is 0.489 e. The van der Waals surface area contributed by atoms with Gasteiger partial charge in [-0.1, -0.05) is 24.3 Å². The number of halogens is 1. The minimum Gasteiger partial charge on any atom is -0.489 e. The number of pyridine rings is 1. The molecule has 0 amide bonds. The molecule has 0 bridgehead atoms. The lowest BCUT2D eigenvalue weighted by molar-refractivity contribution is 0.305.